The van der Waals surface area contributed by atoms with E-state index in [-0.39, 0.29) is 18.5 Å². The third kappa shape index (κ3) is 3.91. The van der Waals surface area contributed by atoms with E-state index in [2.05, 4.69) is 5.32 Å². The molecular formula is C7H16ClNO2. The minimum Gasteiger partial charge on any atom is -0.393 e. The summed E-state index contributed by atoms with van der Waals surface area (Å²) in [6, 6.07) is 0.355. The zero-order valence-electron chi connectivity index (χ0n) is 6.75. The van der Waals surface area contributed by atoms with Crippen LogP contribution in [0.2, 0.25) is 0 Å². The molecule has 0 saturated carbocycles. The van der Waals surface area contributed by atoms with E-state index in [1.54, 1.807) is 7.11 Å². The minimum absolute atomic E-state index is 0. The van der Waals surface area contributed by atoms with Gasteiger partial charge in [0.25, 0.3) is 0 Å². The average Bonchev–Trinajstić information content (AvgIpc) is 1.88. The number of aliphatic hydroxyl groups excluding tert-OH is 1. The van der Waals surface area contributed by atoms with Gasteiger partial charge < -0.3 is 15.2 Å². The first-order valence-electron chi connectivity index (χ1n) is 3.73. The summed E-state index contributed by atoms with van der Waals surface area (Å²) in [5.41, 5.74) is 0. The van der Waals surface area contributed by atoms with Gasteiger partial charge in [0.1, 0.15) is 0 Å². The molecule has 0 aliphatic carbocycles. The zero-order valence-corrected chi connectivity index (χ0v) is 7.56. The van der Waals surface area contributed by atoms with E-state index in [0.29, 0.717) is 12.6 Å². The second kappa shape index (κ2) is 5.77. The molecule has 1 aliphatic rings. The highest BCUT2D eigenvalue weighted by molar-refractivity contribution is 5.85. The van der Waals surface area contributed by atoms with Crippen molar-refractivity contribution >= 4 is 12.4 Å². The third-order valence-corrected chi connectivity index (χ3v) is 1.84. The summed E-state index contributed by atoms with van der Waals surface area (Å²) in [5.74, 6) is 0. The van der Waals surface area contributed by atoms with E-state index in [1.807, 2.05) is 0 Å². The maximum absolute atomic E-state index is 9.21. The van der Waals surface area contributed by atoms with Gasteiger partial charge >= 0.3 is 0 Å². The lowest BCUT2D eigenvalue weighted by atomic mass is 10.0. The highest BCUT2D eigenvalue weighted by Crippen LogP contribution is 2.07. The fourth-order valence-electron chi connectivity index (χ4n) is 1.31. The van der Waals surface area contributed by atoms with Crippen LogP contribution in [-0.2, 0) is 4.74 Å². The molecule has 3 nitrogen and oxygen atoms in total. The van der Waals surface area contributed by atoms with E-state index in [1.165, 1.54) is 0 Å². The Morgan fingerprint density at radius 3 is 2.91 bits per heavy atom. The molecular weight excluding hydrogens is 166 g/mol. The number of hydrogen-bond donors (Lipinski definition) is 2. The number of aliphatic hydroxyl groups is 1. The first-order valence-corrected chi connectivity index (χ1v) is 3.73. The lowest BCUT2D eigenvalue weighted by molar-refractivity contribution is 0.0812. The van der Waals surface area contributed by atoms with Crippen LogP contribution in [0.15, 0.2) is 0 Å². The molecule has 1 heterocycles. The molecule has 11 heavy (non-hydrogen) atoms. The molecule has 0 aromatic carbocycles. The second-order valence-corrected chi connectivity index (χ2v) is 2.78. The van der Waals surface area contributed by atoms with E-state index in [9.17, 15) is 5.11 Å². The van der Waals surface area contributed by atoms with Gasteiger partial charge in [0.05, 0.1) is 12.7 Å². The summed E-state index contributed by atoms with van der Waals surface area (Å²) in [7, 11) is 1.68. The number of rotatable bonds is 2. The topological polar surface area (TPSA) is 41.5 Å². The monoisotopic (exact) mass is 181 g/mol. The first kappa shape index (κ1) is 11.2. The molecule has 0 amide bonds. The summed E-state index contributed by atoms with van der Waals surface area (Å²) >= 11 is 0. The normalized spacial score (nSPS) is 31.1. The van der Waals surface area contributed by atoms with Gasteiger partial charge in [-0.3, -0.25) is 0 Å². The highest BCUT2D eigenvalue weighted by Gasteiger charge is 2.18. The number of nitrogens with one attached hydrogen (secondary N) is 1. The molecule has 2 atom stereocenters. The lowest BCUT2D eigenvalue weighted by Crippen LogP contribution is -2.42. The SMILES string of the molecule is COC[C@H]1C[C@@H](O)CCN1.Cl. The van der Waals surface area contributed by atoms with Gasteiger partial charge in [-0.05, 0) is 19.4 Å². The Balaban J connectivity index is 0.000001000. The third-order valence-electron chi connectivity index (χ3n) is 1.84. The van der Waals surface area contributed by atoms with Crippen molar-refractivity contribution in [3.8, 4) is 0 Å². The van der Waals surface area contributed by atoms with Crippen LogP contribution in [0, 0.1) is 0 Å². The molecule has 0 spiro atoms. The Hall–Kier alpha value is 0.170. The van der Waals surface area contributed by atoms with E-state index in [4.69, 9.17) is 4.74 Å². The summed E-state index contributed by atoms with van der Waals surface area (Å²) in [4.78, 5) is 0. The van der Waals surface area contributed by atoms with Crippen molar-refractivity contribution in [1.82, 2.24) is 5.32 Å². The maximum Gasteiger partial charge on any atom is 0.0616 e. The standard InChI is InChI=1S/C7H15NO2.ClH/c1-10-5-6-4-7(9)2-3-8-6;/h6-9H,2-5H2,1H3;1H/t6-,7+;/m1./s1. The Bertz CT molecular complexity index is 100. The quantitative estimate of drug-likeness (QED) is 0.638. The smallest absolute Gasteiger partial charge is 0.0616 e. The van der Waals surface area contributed by atoms with Gasteiger partial charge in [-0.2, -0.15) is 0 Å². The van der Waals surface area contributed by atoms with Crippen molar-refractivity contribution in [2.45, 2.75) is 25.0 Å². The van der Waals surface area contributed by atoms with Gasteiger partial charge in [-0.1, -0.05) is 0 Å². The Labute approximate surface area is 73.5 Å². The maximum atomic E-state index is 9.21. The molecule has 1 rings (SSSR count). The molecule has 0 unspecified atom stereocenters. The van der Waals surface area contributed by atoms with E-state index < -0.39 is 0 Å². The molecule has 2 N–H and O–H groups in total. The Morgan fingerprint density at radius 2 is 2.36 bits per heavy atom. The van der Waals surface area contributed by atoms with Crippen molar-refractivity contribution in [2.75, 3.05) is 20.3 Å². The van der Waals surface area contributed by atoms with Crippen molar-refractivity contribution in [3.05, 3.63) is 0 Å². The number of halogens is 1. The molecule has 1 aliphatic heterocycles. The zero-order chi connectivity index (χ0) is 7.40. The number of methoxy groups -OCH3 is 1. The van der Waals surface area contributed by atoms with Crippen LogP contribution in [-0.4, -0.2) is 37.5 Å². The number of hydrogen-bond acceptors (Lipinski definition) is 3. The van der Waals surface area contributed by atoms with Crippen LogP contribution in [0.5, 0.6) is 0 Å². The van der Waals surface area contributed by atoms with Gasteiger partial charge in [0, 0.05) is 13.2 Å². The molecule has 68 valence electrons. The van der Waals surface area contributed by atoms with Crippen molar-refractivity contribution in [1.29, 1.82) is 0 Å². The van der Waals surface area contributed by atoms with Crippen molar-refractivity contribution in [3.63, 3.8) is 0 Å². The molecule has 1 fully saturated rings. The van der Waals surface area contributed by atoms with Gasteiger partial charge in [-0.25, -0.2) is 0 Å². The number of piperidine rings is 1. The van der Waals surface area contributed by atoms with Gasteiger partial charge in [-0.15, -0.1) is 12.4 Å². The predicted molar refractivity (Wildman–Crippen MR) is 46.2 cm³/mol. The number of ether oxygens (including phenoxy) is 1. The van der Waals surface area contributed by atoms with Gasteiger partial charge in [0.15, 0.2) is 0 Å². The summed E-state index contributed by atoms with van der Waals surface area (Å²) in [6.45, 7) is 1.62. The summed E-state index contributed by atoms with van der Waals surface area (Å²) in [5, 5.41) is 12.5. The summed E-state index contributed by atoms with van der Waals surface area (Å²) in [6.07, 6.45) is 1.58. The molecule has 0 radical (unpaired) electrons. The molecule has 0 bridgehead atoms. The molecule has 4 heteroatoms. The lowest BCUT2D eigenvalue weighted by Gasteiger charge is -2.26. The predicted octanol–water partition coefficient (Wildman–Crippen LogP) is 0.168. The van der Waals surface area contributed by atoms with Crippen LogP contribution in [0.4, 0.5) is 0 Å². The molecule has 0 aromatic heterocycles. The fraction of sp³-hybridized carbons (Fsp3) is 1.00. The highest BCUT2D eigenvalue weighted by atomic mass is 35.5. The Morgan fingerprint density at radius 1 is 1.64 bits per heavy atom. The minimum atomic E-state index is -0.124. The summed E-state index contributed by atoms with van der Waals surface area (Å²) < 4.78 is 4.96. The Kier molecular flexibility index (Phi) is 5.86. The van der Waals surface area contributed by atoms with E-state index >= 15 is 0 Å². The average molecular weight is 182 g/mol. The van der Waals surface area contributed by atoms with E-state index in [0.717, 1.165) is 19.4 Å². The second-order valence-electron chi connectivity index (χ2n) is 2.78. The van der Waals surface area contributed by atoms with Crippen LogP contribution in [0.3, 0.4) is 0 Å². The van der Waals surface area contributed by atoms with Crippen LogP contribution in [0.25, 0.3) is 0 Å². The van der Waals surface area contributed by atoms with Crippen LogP contribution < -0.4 is 5.32 Å². The first-order chi connectivity index (χ1) is 4.83. The van der Waals surface area contributed by atoms with Crippen LogP contribution in [0.1, 0.15) is 12.8 Å². The van der Waals surface area contributed by atoms with Crippen LogP contribution >= 0.6 is 12.4 Å². The largest absolute Gasteiger partial charge is 0.393 e. The fourth-order valence-corrected chi connectivity index (χ4v) is 1.31. The molecule has 0 aromatic rings. The van der Waals surface area contributed by atoms with Crippen molar-refractivity contribution < 1.29 is 9.84 Å². The van der Waals surface area contributed by atoms with Crippen molar-refractivity contribution in [2.24, 2.45) is 0 Å². The molecule has 1 saturated heterocycles. The van der Waals surface area contributed by atoms with Gasteiger partial charge in [0.2, 0.25) is 0 Å².